The van der Waals surface area contributed by atoms with Crippen LogP contribution in [0.4, 0.5) is 5.69 Å². The maximum Gasteiger partial charge on any atom is 0.264 e. The summed E-state index contributed by atoms with van der Waals surface area (Å²) in [5.74, 6) is -0.701. The summed E-state index contributed by atoms with van der Waals surface area (Å²) in [5.41, 5.74) is 2.26. The van der Waals surface area contributed by atoms with Crippen molar-refractivity contribution < 1.29 is 18.0 Å². The summed E-state index contributed by atoms with van der Waals surface area (Å²) >= 11 is 2.15. The van der Waals surface area contributed by atoms with Crippen molar-refractivity contribution in [1.82, 2.24) is 10.2 Å². The average Bonchev–Trinajstić information content (AvgIpc) is 2.92. The minimum Gasteiger partial charge on any atom is -0.354 e. The third-order valence-corrected chi connectivity index (χ3v) is 8.77. The molecule has 0 radical (unpaired) electrons. The minimum absolute atomic E-state index is 0.0875. The van der Waals surface area contributed by atoms with Crippen LogP contribution in [0, 0.1) is 10.5 Å². The van der Waals surface area contributed by atoms with Crippen LogP contribution >= 0.6 is 22.6 Å². The molecule has 0 unspecified atom stereocenters. The van der Waals surface area contributed by atoms with Gasteiger partial charge >= 0.3 is 0 Å². The molecule has 1 atom stereocenters. The standard InChI is InChI=1S/C29H34IN3O4S/c1-4-19-31-29(35)27(5-2)32(20-23-12-10-9-11-22(23)3)28(34)21-33(25-17-15-24(30)16-18-25)38(36,37)26-13-7-6-8-14-26/h6-18,27H,4-5,19-21H2,1-3H3,(H,31,35)/t27-/m0/s1. The fraction of sp³-hybridized carbons (Fsp3) is 0.310. The molecule has 7 nitrogen and oxygen atoms in total. The van der Waals surface area contributed by atoms with E-state index in [0.717, 1.165) is 25.4 Å². The van der Waals surface area contributed by atoms with E-state index in [0.29, 0.717) is 18.7 Å². The maximum atomic E-state index is 14.0. The lowest BCUT2D eigenvalue weighted by atomic mass is 10.1. The monoisotopic (exact) mass is 647 g/mol. The number of nitrogens with one attached hydrogen (secondary N) is 1. The highest BCUT2D eigenvalue weighted by Crippen LogP contribution is 2.25. The minimum atomic E-state index is -4.06. The van der Waals surface area contributed by atoms with E-state index < -0.39 is 28.5 Å². The van der Waals surface area contributed by atoms with Gasteiger partial charge in [0.25, 0.3) is 10.0 Å². The summed E-state index contributed by atoms with van der Waals surface area (Å²) in [6, 6.07) is 22.0. The molecule has 0 fully saturated rings. The number of nitrogens with zero attached hydrogens (tertiary/aromatic N) is 2. The first-order valence-electron chi connectivity index (χ1n) is 12.6. The number of carbonyl (C=O) groups is 2. The van der Waals surface area contributed by atoms with E-state index in [2.05, 4.69) is 27.9 Å². The molecule has 3 rings (SSSR count). The summed E-state index contributed by atoms with van der Waals surface area (Å²) < 4.78 is 29.6. The number of aryl methyl sites for hydroxylation is 1. The van der Waals surface area contributed by atoms with Crippen molar-refractivity contribution in [3.8, 4) is 0 Å². The van der Waals surface area contributed by atoms with E-state index in [4.69, 9.17) is 0 Å². The molecule has 0 bridgehead atoms. The molecule has 0 spiro atoms. The van der Waals surface area contributed by atoms with Crippen LogP contribution in [0.3, 0.4) is 0 Å². The molecule has 0 aromatic heterocycles. The quantitative estimate of drug-likeness (QED) is 0.277. The molecule has 0 aliphatic rings. The number of halogens is 1. The first-order valence-corrected chi connectivity index (χ1v) is 15.2. The van der Waals surface area contributed by atoms with Gasteiger partial charge in [-0.2, -0.15) is 0 Å². The van der Waals surface area contributed by atoms with Crippen molar-refractivity contribution in [2.75, 3.05) is 17.4 Å². The molecular formula is C29H34IN3O4S. The van der Waals surface area contributed by atoms with Gasteiger partial charge in [-0.1, -0.05) is 56.3 Å². The molecule has 38 heavy (non-hydrogen) atoms. The number of carbonyl (C=O) groups excluding carboxylic acids is 2. The zero-order valence-electron chi connectivity index (χ0n) is 21.9. The maximum absolute atomic E-state index is 14.0. The van der Waals surface area contributed by atoms with Gasteiger partial charge in [0.2, 0.25) is 11.8 Å². The van der Waals surface area contributed by atoms with Crippen LogP contribution < -0.4 is 9.62 Å². The Labute approximate surface area is 239 Å². The highest BCUT2D eigenvalue weighted by molar-refractivity contribution is 14.1. The van der Waals surface area contributed by atoms with Crippen molar-refractivity contribution in [2.45, 2.75) is 51.1 Å². The molecule has 3 aromatic carbocycles. The second-order valence-electron chi connectivity index (χ2n) is 8.96. The van der Waals surface area contributed by atoms with E-state index in [1.54, 1.807) is 42.5 Å². The molecule has 0 heterocycles. The molecular weight excluding hydrogens is 613 g/mol. The predicted molar refractivity (Wildman–Crippen MR) is 159 cm³/mol. The summed E-state index contributed by atoms with van der Waals surface area (Å²) in [5, 5.41) is 2.90. The van der Waals surface area contributed by atoms with E-state index >= 15 is 0 Å². The Morgan fingerprint density at radius 3 is 2.16 bits per heavy atom. The Balaban J connectivity index is 2.04. The lowest BCUT2D eigenvalue weighted by Crippen LogP contribution is -2.52. The van der Waals surface area contributed by atoms with Gasteiger partial charge < -0.3 is 10.2 Å². The predicted octanol–water partition coefficient (Wildman–Crippen LogP) is 5.13. The van der Waals surface area contributed by atoms with Crippen molar-refractivity contribution >= 4 is 50.1 Å². The van der Waals surface area contributed by atoms with Crippen molar-refractivity contribution in [3.63, 3.8) is 0 Å². The van der Waals surface area contributed by atoms with Gasteiger partial charge in [-0.05, 0) is 89.9 Å². The second-order valence-corrected chi connectivity index (χ2v) is 12.1. The van der Waals surface area contributed by atoms with Crippen molar-refractivity contribution in [2.24, 2.45) is 0 Å². The SMILES string of the molecule is CCCNC(=O)[C@H](CC)N(Cc1ccccc1C)C(=O)CN(c1ccc(I)cc1)S(=O)(=O)c1ccccc1. The summed E-state index contributed by atoms with van der Waals surface area (Å²) in [4.78, 5) is 28.7. The van der Waals surface area contributed by atoms with Gasteiger partial charge in [0.15, 0.2) is 0 Å². The summed E-state index contributed by atoms with van der Waals surface area (Å²) in [6.07, 6.45) is 1.16. The van der Waals surface area contributed by atoms with Gasteiger partial charge in [0.05, 0.1) is 10.6 Å². The van der Waals surface area contributed by atoms with Gasteiger partial charge in [0, 0.05) is 16.7 Å². The molecule has 9 heteroatoms. The van der Waals surface area contributed by atoms with Gasteiger partial charge in [-0.3, -0.25) is 13.9 Å². The fourth-order valence-corrected chi connectivity index (χ4v) is 5.91. The Morgan fingerprint density at radius 1 is 0.921 bits per heavy atom. The van der Waals surface area contributed by atoms with Gasteiger partial charge in [0.1, 0.15) is 12.6 Å². The Kier molecular flexibility index (Phi) is 10.7. The number of amides is 2. The second kappa shape index (κ2) is 13.7. The fourth-order valence-electron chi connectivity index (χ4n) is 4.11. The first kappa shape index (κ1) is 29.6. The van der Waals surface area contributed by atoms with Crippen LogP contribution in [0.15, 0.2) is 83.8 Å². The average molecular weight is 648 g/mol. The smallest absolute Gasteiger partial charge is 0.264 e. The Morgan fingerprint density at radius 2 is 1.55 bits per heavy atom. The van der Waals surface area contributed by atoms with Crippen LogP contribution in [0.5, 0.6) is 0 Å². The zero-order valence-corrected chi connectivity index (χ0v) is 24.9. The van der Waals surface area contributed by atoms with E-state index in [1.807, 2.05) is 45.0 Å². The van der Waals surface area contributed by atoms with Gasteiger partial charge in [-0.15, -0.1) is 0 Å². The highest BCUT2D eigenvalue weighted by atomic mass is 127. The largest absolute Gasteiger partial charge is 0.354 e. The Hall–Kier alpha value is -2.92. The third kappa shape index (κ3) is 7.35. The normalized spacial score (nSPS) is 12.0. The van der Waals surface area contributed by atoms with Crippen LogP contribution in [-0.4, -0.2) is 44.3 Å². The van der Waals surface area contributed by atoms with Crippen LogP contribution in [-0.2, 0) is 26.2 Å². The number of sulfonamides is 1. The third-order valence-electron chi connectivity index (χ3n) is 6.26. The van der Waals surface area contributed by atoms with Crippen LogP contribution in [0.1, 0.15) is 37.8 Å². The first-order chi connectivity index (χ1) is 18.2. The lowest BCUT2D eigenvalue weighted by molar-refractivity contribution is -0.140. The molecule has 0 aliphatic heterocycles. The zero-order chi connectivity index (χ0) is 27.7. The van der Waals surface area contributed by atoms with Crippen molar-refractivity contribution in [3.05, 3.63) is 93.6 Å². The summed E-state index contributed by atoms with van der Waals surface area (Å²) in [7, 11) is -4.06. The van der Waals surface area contributed by atoms with Crippen molar-refractivity contribution in [1.29, 1.82) is 0 Å². The number of benzene rings is 3. The van der Waals surface area contributed by atoms with Gasteiger partial charge in [-0.25, -0.2) is 8.42 Å². The highest BCUT2D eigenvalue weighted by Gasteiger charge is 2.33. The van der Waals surface area contributed by atoms with E-state index in [-0.39, 0.29) is 17.3 Å². The van der Waals surface area contributed by atoms with E-state index in [1.165, 1.54) is 17.0 Å². The molecule has 2 amide bonds. The number of hydrogen-bond donors (Lipinski definition) is 1. The lowest BCUT2D eigenvalue weighted by Gasteiger charge is -2.33. The molecule has 0 aliphatic carbocycles. The number of anilines is 1. The molecule has 0 saturated heterocycles. The molecule has 202 valence electrons. The topological polar surface area (TPSA) is 86.8 Å². The molecule has 1 N–H and O–H groups in total. The van der Waals surface area contributed by atoms with Crippen LogP contribution in [0.2, 0.25) is 0 Å². The van der Waals surface area contributed by atoms with Crippen LogP contribution in [0.25, 0.3) is 0 Å². The van der Waals surface area contributed by atoms with E-state index in [9.17, 15) is 18.0 Å². The molecule has 0 saturated carbocycles. The number of rotatable bonds is 12. The number of hydrogen-bond acceptors (Lipinski definition) is 4. The summed E-state index contributed by atoms with van der Waals surface area (Å²) in [6.45, 7) is 6.01. The Bertz CT molecular complexity index is 1330. The molecule has 3 aromatic rings.